The molecule has 2 amide bonds. The van der Waals surface area contributed by atoms with E-state index >= 15 is 0 Å². The number of carbonyl (C=O) groups is 1. The molecule has 0 spiro atoms. The summed E-state index contributed by atoms with van der Waals surface area (Å²) in [4.78, 5) is 13.8. The van der Waals surface area contributed by atoms with Crippen LogP contribution >= 0.6 is 0 Å². The minimum absolute atomic E-state index is 0.118. The van der Waals surface area contributed by atoms with Crippen LogP contribution in [-0.4, -0.2) is 29.6 Å². The summed E-state index contributed by atoms with van der Waals surface area (Å²) < 4.78 is 13.2. The van der Waals surface area contributed by atoms with Crippen LogP contribution < -0.4 is 11.1 Å². The molecular weight excluding hydrogens is 245 g/mol. The summed E-state index contributed by atoms with van der Waals surface area (Å²) in [5, 5.41) is 2.89. The minimum Gasteiger partial charge on any atom is -0.330 e. The molecule has 1 aromatic carbocycles. The number of amides is 2. The van der Waals surface area contributed by atoms with E-state index in [1.807, 2.05) is 19.9 Å². The molecule has 104 valence electrons. The molecule has 1 fully saturated rings. The lowest BCUT2D eigenvalue weighted by Crippen LogP contribution is -2.46. The van der Waals surface area contributed by atoms with Gasteiger partial charge in [-0.05, 0) is 44.5 Å². The fraction of sp³-hybridized carbons (Fsp3) is 0.500. The Bertz CT molecular complexity index is 476. The Balaban J connectivity index is 2.15. The molecule has 1 aliphatic heterocycles. The molecule has 3 N–H and O–H groups in total. The van der Waals surface area contributed by atoms with Crippen LogP contribution in [0.25, 0.3) is 0 Å². The molecule has 4 nitrogen and oxygen atoms in total. The van der Waals surface area contributed by atoms with Crippen molar-refractivity contribution in [2.45, 2.75) is 31.8 Å². The predicted octanol–water partition coefficient (Wildman–Crippen LogP) is 2.02. The van der Waals surface area contributed by atoms with Crippen molar-refractivity contribution in [2.24, 2.45) is 5.73 Å². The first-order valence-electron chi connectivity index (χ1n) is 6.48. The van der Waals surface area contributed by atoms with E-state index < -0.39 is 0 Å². The van der Waals surface area contributed by atoms with Crippen molar-refractivity contribution < 1.29 is 9.18 Å². The highest BCUT2D eigenvalue weighted by molar-refractivity contribution is 5.78. The zero-order valence-corrected chi connectivity index (χ0v) is 11.3. The van der Waals surface area contributed by atoms with E-state index in [9.17, 15) is 9.18 Å². The highest BCUT2D eigenvalue weighted by atomic mass is 19.1. The van der Waals surface area contributed by atoms with Crippen LogP contribution in [0.1, 0.15) is 31.9 Å². The second kappa shape index (κ2) is 5.17. The molecule has 2 rings (SSSR count). The van der Waals surface area contributed by atoms with Crippen molar-refractivity contribution >= 4 is 6.03 Å². The van der Waals surface area contributed by atoms with Gasteiger partial charge in [-0.1, -0.05) is 12.1 Å². The summed E-state index contributed by atoms with van der Waals surface area (Å²) in [5.41, 5.74) is 6.09. The number of nitrogens with two attached hydrogens (primary N) is 1. The van der Waals surface area contributed by atoms with Crippen molar-refractivity contribution in [3.63, 3.8) is 0 Å². The maximum Gasteiger partial charge on any atom is 0.318 e. The van der Waals surface area contributed by atoms with Gasteiger partial charge in [-0.3, -0.25) is 0 Å². The van der Waals surface area contributed by atoms with Gasteiger partial charge in [-0.2, -0.15) is 0 Å². The van der Waals surface area contributed by atoms with Gasteiger partial charge in [-0.15, -0.1) is 0 Å². The third-order valence-corrected chi connectivity index (χ3v) is 3.65. The van der Waals surface area contributed by atoms with Gasteiger partial charge in [0, 0.05) is 12.1 Å². The third kappa shape index (κ3) is 2.87. The fourth-order valence-corrected chi connectivity index (χ4v) is 2.46. The van der Waals surface area contributed by atoms with Crippen molar-refractivity contribution in [3.8, 4) is 0 Å². The Labute approximate surface area is 112 Å². The molecule has 1 saturated heterocycles. The van der Waals surface area contributed by atoms with E-state index in [1.165, 1.54) is 12.1 Å². The molecule has 1 aromatic rings. The molecule has 1 atom stereocenters. The quantitative estimate of drug-likeness (QED) is 0.875. The molecule has 0 aliphatic carbocycles. The number of benzene rings is 1. The standard InChI is InChI=1S/C14H20FN3O/c1-14(2,6-7-16)18-9-12(17-13(18)19)10-4-3-5-11(15)8-10/h3-5,8,12H,6-7,9,16H2,1-2H3,(H,17,19). The van der Waals surface area contributed by atoms with E-state index in [1.54, 1.807) is 11.0 Å². The molecule has 0 bridgehead atoms. The topological polar surface area (TPSA) is 58.4 Å². The van der Waals surface area contributed by atoms with E-state index in [-0.39, 0.29) is 23.4 Å². The second-order valence-electron chi connectivity index (χ2n) is 5.52. The first-order valence-corrected chi connectivity index (χ1v) is 6.48. The van der Waals surface area contributed by atoms with Crippen LogP contribution in [0, 0.1) is 5.82 Å². The summed E-state index contributed by atoms with van der Waals surface area (Å²) in [5.74, 6) is -0.286. The van der Waals surface area contributed by atoms with Crippen molar-refractivity contribution in [1.29, 1.82) is 0 Å². The molecule has 0 saturated carbocycles. The molecule has 5 heteroatoms. The van der Waals surface area contributed by atoms with Gasteiger partial charge in [0.05, 0.1) is 6.04 Å². The number of nitrogens with one attached hydrogen (secondary N) is 1. The molecular formula is C14H20FN3O. The molecule has 0 radical (unpaired) electrons. The fourth-order valence-electron chi connectivity index (χ4n) is 2.46. The van der Waals surface area contributed by atoms with Gasteiger partial charge in [0.1, 0.15) is 5.82 Å². The van der Waals surface area contributed by atoms with Crippen molar-refractivity contribution in [1.82, 2.24) is 10.2 Å². The SMILES string of the molecule is CC(C)(CCN)N1CC(c2cccc(F)c2)NC1=O. The zero-order chi connectivity index (χ0) is 14.0. The van der Waals surface area contributed by atoms with Gasteiger partial charge < -0.3 is 16.0 Å². The average molecular weight is 265 g/mol. The van der Waals surface area contributed by atoms with Gasteiger partial charge in [0.25, 0.3) is 0 Å². The minimum atomic E-state index is -0.291. The Hall–Kier alpha value is -1.62. The monoisotopic (exact) mass is 265 g/mol. The van der Waals surface area contributed by atoms with Crippen LogP contribution in [0.2, 0.25) is 0 Å². The highest BCUT2D eigenvalue weighted by Crippen LogP contribution is 2.28. The summed E-state index contributed by atoms with van der Waals surface area (Å²) >= 11 is 0. The molecule has 0 aromatic heterocycles. The van der Waals surface area contributed by atoms with Gasteiger partial charge in [0.2, 0.25) is 0 Å². The Morgan fingerprint density at radius 2 is 2.26 bits per heavy atom. The predicted molar refractivity (Wildman–Crippen MR) is 72.1 cm³/mol. The van der Waals surface area contributed by atoms with Crippen LogP contribution in [0.4, 0.5) is 9.18 Å². The normalized spacial score (nSPS) is 19.7. The summed E-state index contributed by atoms with van der Waals surface area (Å²) in [7, 11) is 0. The third-order valence-electron chi connectivity index (χ3n) is 3.65. The van der Waals surface area contributed by atoms with Gasteiger partial charge in [-0.25, -0.2) is 9.18 Å². The zero-order valence-electron chi connectivity index (χ0n) is 11.3. The van der Waals surface area contributed by atoms with E-state index in [0.717, 1.165) is 12.0 Å². The summed E-state index contributed by atoms with van der Waals surface area (Å²) in [6.45, 7) is 5.05. The Morgan fingerprint density at radius 1 is 1.53 bits per heavy atom. The Morgan fingerprint density at radius 3 is 2.89 bits per heavy atom. The molecule has 1 unspecified atom stereocenters. The van der Waals surface area contributed by atoms with Crippen LogP contribution in [0.5, 0.6) is 0 Å². The van der Waals surface area contributed by atoms with Gasteiger partial charge >= 0.3 is 6.03 Å². The molecule has 1 aliphatic rings. The molecule has 1 heterocycles. The first kappa shape index (κ1) is 13.8. The Kier molecular flexibility index (Phi) is 3.75. The lowest BCUT2D eigenvalue weighted by atomic mass is 9.98. The molecule has 19 heavy (non-hydrogen) atoms. The number of hydrogen-bond acceptors (Lipinski definition) is 2. The number of hydrogen-bond donors (Lipinski definition) is 2. The first-order chi connectivity index (χ1) is 8.94. The lowest BCUT2D eigenvalue weighted by Gasteiger charge is -2.34. The van der Waals surface area contributed by atoms with E-state index in [2.05, 4.69) is 5.32 Å². The number of carbonyl (C=O) groups excluding carboxylic acids is 1. The lowest BCUT2D eigenvalue weighted by molar-refractivity contribution is 0.153. The largest absolute Gasteiger partial charge is 0.330 e. The maximum atomic E-state index is 13.2. The van der Waals surface area contributed by atoms with Crippen LogP contribution in [-0.2, 0) is 0 Å². The number of rotatable bonds is 4. The van der Waals surface area contributed by atoms with Crippen molar-refractivity contribution in [2.75, 3.05) is 13.1 Å². The summed E-state index contributed by atoms with van der Waals surface area (Å²) in [6, 6.07) is 6.06. The maximum absolute atomic E-state index is 13.2. The number of nitrogens with zero attached hydrogens (tertiary/aromatic N) is 1. The van der Waals surface area contributed by atoms with E-state index in [0.29, 0.717) is 13.1 Å². The van der Waals surface area contributed by atoms with Crippen LogP contribution in [0.3, 0.4) is 0 Å². The van der Waals surface area contributed by atoms with E-state index in [4.69, 9.17) is 5.73 Å². The second-order valence-corrected chi connectivity index (χ2v) is 5.52. The number of urea groups is 1. The number of halogens is 1. The average Bonchev–Trinajstić information content (AvgIpc) is 2.72. The smallest absolute Gasteiger partial charge is 0.318 e. The van der Waals surface area contributed by atoms with Crippen LogP contribution in [0.15, 0.2) is 24.3 Å². The summed E-state index contributed by atoms with van der Waals surface area (Å²) in [6.07, 6.45) is 0.732. The van der Waals surface area contributed by atoms with Crippen molar-refractivity contribution in [3.05, 3.63) is 35.6 Å². The van der Waals surface area contributed by atoms with Gasteiger partial charge in [0.15, 0.2) is 0 Å². The highest BCUT2D eigenvalue weighted by Gasteiger charge is 2.38.